The van der Waals surface area contributed by atoms with Gasteiger partial charge in [0.15, 0.2) is 0 Å². The van der Waals surface area contributed by atoms with Crippen LogP contribution in [0, 0.1) is 0 Å². The Labute approximate surface area is 118 Å². The molecule has 0 aliphatic carbocycles. The fraction of sp³-hybridized carbons (Fsp3) is 0.571. The lowest BCUT2D eigenvalue weighted by atomic mass is 10.1. The molecule has 0 spiro atoms. The zero-order valence-electron chi connectivity index (χ0n) is 11.4. The minimum absolute atomic E-state index is 0.0481. The summed E-state index contributed by atoms with van der Waals surface area (Å²) in [5, 5.41) is 0. The molecule has 0 saturated heterocycles. The van der Waals surface area contributed by atoms with Gasteiger partial charge in [0.05, 0.1) is 6.61 Å². The summed E-state index contributed by atoms with van der Waals surface area (Å²) in [4.78, 5) is 2.30. The Morgan fingerprint density at radius 2 is 2.11 bits per heavy atom. The molecule has 0 aliphatic heterocycles. The molecule has 0 aliphatic rings. The standard InChI is InChI=1S/C14H23BrN2O/c1-4-17(8-9-18-5-2)12-6-7-13(11(3)16)14(15)10-12/h6-7,10-11H,4-5,8-9,16H2,1-3H3. The Balaban J connectivity index is 2.77. The molecule has 4 heteroatoms. The lowest BCUT2D eigenvalue weighted by Gasteiger charge is -2.24. The summed E-state index contributed by atoms with van der Waals surface area (Å²) in [7, 11) is 0. The molecule has 102 valence electrons. The molecule has 2 N–H and O–H groups in total. The number of anilines is 1. The third kappa shape index (κ3) is 4.26. The maximum Gasteiger partial charge on any atom is 0.0641 e. The summed E-state index contributed by atoms with van der Waals surface area (Å²) >= 11 is 3.59. The van der Waals surface area contributed by atoms with Crippen LogP contribution in [0.4, 0.5) is 5.69 Å². The van der Waals surface area contributed by atoms with Crippen LogP contribution >= 0.6 is 15.9 Å². The quantitative estimate of drug-likeness (QED) is 0.784. The molecule has 0 amide bonds. The van der Waals surface area contributed by atoms with Crippen LogP contribution in [0.5, 0.6) is 0 Å². The van der Waals surface area contributed by atoms with Crippen molar-refractivity contribution >= 4 is 21.6 Å². The van der Waals surface area contributed by atoms with Crippen LogP contribution in [0.1, 0.15) is 32.4 Å². The molecule has 1 unspecified atom stereocenters. The minimum Gasteiger partial charge on any atom is -0.380 e. The van der Waals surface area contributed by atoms with E-state index in [1.807, 2.05) is 13.8 Å². The Morgan fingerprint density at radius 1 is 1.39 bits per heavy atom. The van der Waals surface area contributed by atoms with Gasteiger partial charge in [0.1, 0.15) is 0 Å². The van der Waals surface area contributed by atoms with Crippen molar-refractivity contribution in [2.24, 2.45) is 5.73 Å². The lowest BCUT2D eigenvalue weighted by Crippen LogP contribution is -2.27. The second-order valence-corrected chi connectivity index (χ2v) is 5.13. The normalized spacial score (nSPS) is 12.5. The van der Waals surface area contributed by atoms with Crippen molar-refractivity contribution in [3.05, 3.63) is 28.2 Å². The predicted molar refractivity (Wildman–Crippen MR) is 81.1 cm³/mol. The molecule has 1 rings (SSSR count). The highest BCUT2D eigenvalue weighted by Gasteiger charge is 2.09. The first kappa shape index (κ1) is 15.5. The van der Waals surface area contributed by atoms with Crippen LogP contribution in [-0.2, 0) is 4.74 Å². The van der Waals surface area contributed by atoms with E-state index in [2.05, 4.69) is 46.0 Å². The number of nitrogens with zero attached hydrogens (tertiary/aromatic N) is 1. The summed E-state index contributed by atoms with van der Waals surface area (Å²) in [6.45, 7) is 9.57. The molecule has 0 radical (unpaired) electrons. The third-order valence-corrected chi connectivity index (χ3v) is 3.62. The van der Waals surface area contributed by atoms with E-state index in [9.17, 15) is 0 Å². The third-order valence-electron chi connectivity index (χ3n) is 2.93. The van der Waals surface area contributed by atoms with E-state index in [0.717, 1.165) is 36.3 Å². The van der Waals surface area contributed by atoms with E-state index in [1.54, 1.807) is 0 Å². The van der Waals surface area contributed by atoms with Crippen molar-refractivity contribution in [2.75, 3.05) is 31.2 Å². The minimum atomic E-state index is 0.0481. The van der Waals surface area contributed by atoms with Gasteiger partial charge < -0.3 is 15.4 Å². The largest absolute Gasteiger partial charge is 0.380 e. The highest BCUT2D eigenvalue weighted by Crippen LogP contribution is 2.27. The maximum absolute atomic E-state index is 5.91. The molecule has 0 fully saturated rings. The fourth-order valence-electron chi connectivity index (χ4n) is 1.87. The first-order valence-electron chi connectivity index (χ1n) is 6.47. The lowest BCUT2D eigenvalue weighted by molar-refractivity contribution is 0.154. The fourth-order valence-corrected chi connectivity index (χ4v) is 2.60. The Bertz CT molecular complexity index is 369. The Hall–Kier alpha value is -0.580. The van der Waals surface area contributed by atoms with Gasteiger partial charge in [-0.15, -0.1) is 0 Å². The molecule has 3 nitrogen and oxygen atoms in total. The van der Waals surface area contributed by atoms with Crippen LogP contribution < -0.4 is 10.6 Å². The van der Waals surface area contributed by atoms with Crippen LogP contribution in [0.2, 0.25) is 0 Å². The van der Waals surface area contributed by atoms with Gasteiger partial charge in [0.25, 0.3) is 0 Å². The van der Waals surface area contributed by atoms with Gasteiger partial charge in [-0.1, -0.05) is 22.0 Å². The van der Waals surface area contributed by atoms with E-state index in [0.29, 0.717) is 0 Å². The summed E-state index contributed by atoms with van der Waals surface area (Å²) in [5.41, 5.74) is 8.25. The van der Waals surface area contributed by atoms with E-state index in [-0.39, 0.29) is 6.04 Å². The van der Waals surface area contributed by atoms with E-state index in [1.165, 1.54) is 5.69 Å². The summed E-state index contributed by atoms with van der Waals surface area (Å²) in [5.74, 6) is 0. The molecule has 0 saturated carbocycles. The smallest absolute Gasteiger partial charge is 0.0641 e. The average molecular weight is 315 g/mol. The number of halogens is 1. The van der Waals surface area contributed by atoms with Gasteiger partial charge >= 0.3 is 0 Å². The molecular formula is C14H23BrN2O. The average Bonchev–Trinajstić information content (AvgIpc) is 2.34. The van der Waals surface area contributed by atoms with Gasteiger partial charge in [-0.25, -0.2) is 0 Å². The molecule has 18 heavy (non-hydrogen) atoms. The first-order chi connectivity index (χ1) is 8.60. The molecule has 1 aromatic rings. The van der Waals surface area contributed by atoms with Gasteiger partial charge in [0, 0.05) is 35.9 Å². The van der Waals surface area contributed by atoms with Crippen molar-refractivity contribution in [3.8, 4) is 0 Å². The Morgan fingerprint density at radius 3 is 2.61 bits per heavy atom. The number of rotatable bonds is 7. The maximum atomic E-state index is 5.91. The van der Waals surface area contributed by atoms with Gasteiger partial charge in [-0.05, 0) is 38.5 Å². The second kappa shape index (κ2) is 7.77. The summed E-state index contributed by atoms with van der Waals surface area (Å²) in [6.07, 6.45) is 0. The number of benzene rings is 1. The van der Waals surface area contributed by atoms with Gasteiger partial charge in [0.2, 0.25) is 0 Å². The SMILES string of the molecule is CCOCCN(CC)c1ccc(C(C)N)c(Br)c1. The van der Waals surface area contributed by atoms with Crippen molar-refractivity contribution in [3.63, 3.8) is 0 Å². The number of hydrogen-bond acceptors (Lipinski definition) is 3. The second-order valence-electron chi connectivity index (χ2n) is 4.27. The highest BCUT2D eigenvalue weighted by molar-refractivity contribution is 9.10. The van der Waals surface area contributed by atoms with E-state index in [4.69, 9.17) is 10.5 Å². The van der Waals surface area contributed by atoms with E-state index >= 15 is 0 Å². The first-order valence-corrected chi connectivity index (χ1v) is 7.27. The van der Waals surface area contributed by atoms with E-state index < -0.39 is 0 Å². The van der Waals surface area contributed by atoms with Gasteiger partial charge in [-0.3, -0.25) is 0 Å². The number of nitrogens with two attached hydrogens (primary N) is 1. The highest BCUT2D eigenvalue weighted by atomic mass is 79.9. The van der Waals surface area contributed by atoms with Crippen molar-refractivity contribution in [1.29, 1.82) is 0 Å². The molecule has 1 atom stereocenters. The predicted octanol–water partition coefficient (Wildman–Crippen LogP) is 3.33. The summed E-state index contributed by atoms with van der Waals surface area (Å²) < 4.78 is 6.48. The van der Waals surface area contributed by atoms with Crippen molar-refractivity contribution in [2.45, 2.75) is 26.8 Å². The van der Waals surface area contributed by atoms with Crippen LogP contribution in [0.15, 0.2) is 22.7 Å². The molecular weight excluding hydrogens is 292 g/mol. The summed E-state index contributed by atoms with van der Waals surface area (Å²) in [6, 6.07) is 6.40. The zero-order valence-corrected chi connectivity index (χ0v) is 13.0. The van der Waals surface area contributed by atoms with Crippen LogP contribution in [-0.4, -0.2) is 26.3 Å². The molecule has 0 heterocycles. The Kier molecular flexibility index (Phi) is 6.68. The molecule has 1 aromatic carbocycles. The van der Waals surface area contributed by atoms with Crippen LogP contribution in [0.3, 0.4) is 0 Å². The number of hydrogen-bond donors (Lipinski definition) is 1. The van der Waals surface area contributed by atoms with Gasteiger partial charge in [-0.2, -0.15) is 0 Å². The monoisotopic (exact) mass is 314 g/mol. The van der Waals surface area contributed by atoms with Crippen LogP contribution in [0.25, 0.3) is 0 Å². The number of ether oxygens (including phenoxy) is 1. The molecule has 0 bridgehead atoms. The number of likely N-dealkylation sites (N-methyl/N-ethyl adjacent to an activating group) is 1. The topological polar surface area (TPSA) is 38.5 Å². The zero-order chi connectivity index (χ0) is 13.5. The molecule has 0 aromatic heterocycles. The van der Waals surface area contributed by atoms with Crippen molar-refractivity contribution < 1.29 is 4.74 Å². The van der Waals surface area contributed by atoms with Crippen molar-refractivity contribution in [1.82, 2.24) is 0 Å².